The van der Waals surface area contributed by atoms with Crippen LogP contribution in [0.3, 0.4) is 0 Å². The monoisotopic (exact) mass is 329 g/mol. The average molecular weight is 329 g/mol. The first kappa shape index (κ1) is 17.3. The number of urea groups is 1. The third-order valence-electron chi connectivity index (χ3n) is 3.16. The smallest absolute Gasteiger partial charge is 0.320 e. The molecule has 2 aromatic carbocycles. The molecular weight excluding hydrogens is 312 g/mol. The molecule has 0 aromatic heterocycles. The molecule has 0 atom stereocenters. The zero-order chi connectivity index (χ0) is 17.5. The molecule has 0 spiro atoms. The number of amides is 2. The molecule has 0 aliphatic heterocycles. The minimum atomic E-state index is -0.836. The molecular formula is C18H17F2N3O. The van der Waals surface area contributed by atoms with Gasteiger partial charge < -0.3 is 15.5 Å². The number of para-hydroxylation sites is 1. The molecule has 2 amide bonds. The number of carbonyl (C=O) groups is 1. The Morgan fingerprint density at radius 2 is 1.71 bits per heavy atom. The molecule has 124 valence electrons. The number of carbonyl (C=O) groups excluding carboxylic acids is 1. The van der Waals surface area contributed by atoms with Crippen LogP contribution in [0.4, 0.5) is 25.0 Å². The maximum atomic E-state index is 13.4. The Labute approximate surface area is 139 Å². The van der Waals surface area contributed by atoms with Gasteiger partial charge in [0.05, 0.1) is 6.54 Å². The van der Waals surface area contributed by atoms with E-state index < -0.39 is 23.4 Å². The highest BCUT2D eigenvalue weighted by molar-refractivity contribution is 5.89. The van der Waals surface area contributed by atoms with Gasteiger partial charge in [-0.25, -0.2) is 13.6 Å². The fourth-order valence-corrected chi connectivity index (χ4v) is 1.89. The van der Waals surface area contributed by atoms with Crippen molar-refractivity contribution >= 4 is 17.4 Å². The van der Waals surface area contributed by atoms with E-state index in [0.29, 0.717) is 0 Å². The predicted molar refractivity (Wildman–Crippen MR) is 91.0 cm³/mol. The third-order valence-corrected chi connectivity index (χ3v) is 3.16. The Hall–Kier alpha value is -3.07. The summed E-state index contributed by atoms with van der Waals surface area (Å²) in [5.74, 6) is 4.00. The van der Waals surface area contributed by atoms with Crippen molar-refractivity contribution in [3.05, 3.63) is 59.7 Å². The van der Waals surface area contributed by atoms with Crippen LogP contribution in [0.1, 0.15) is 5.56 Å². The van der Waals surface area contributed by atoms with Gasteiger partial charge in [0, 0.05) is 25.3 Å². The van der Waals surface area contributed by atoms with Crippen LogP contribution >= 0.6 is 0 Å². The SMILES string of the molecule is CN(C)c1ccc(C#CCNC(=O)Nc2c(F)cccc2F)cc1. The second-order valence-corrected chi connectivity index (χ2v) is 5.15. The number of nitrogens with zero attached hydrogens (tertiary/aromatic N) is 1. The molecule has 0 saturated carbocycles. The Morgan fingerprint density at radius 1 is 1.08 bits per heavy atom. The fraction of sp³-hybridized carbons (Fsp3) is 0.167. The number of nitrogens with one attached hydrogen (secondary N) is 2. The zero-order valence-corrected chi connectivity index (χ0v) is 13.4. The van der Waals surface area contributed by atoms with Gasteiger partial charge in [-0.2, -0.15) is 0 Å². The summed E-state index contributed by atoms with van der Waals surface area (Å²) in [6.07, 6.45) is 0. The summed E-state index contributed by atoms with van der Waals surface area (Å²) in [5, 5.41) is 4.54. The maximum Gasteiger partial charge on any atom is 0.320 e. The second-order valence-electron chi connectivity index (χ2n) is 5.15. The molecule has 0 radical (unpaired) electrons. The van der Waals surface area contributed by atoms with Crippen LogP contribution in [0.5, 0.6) is 0 Å². The minimum absolute atomic E-state index is 0.0529. The van der Waals surface area contributed by atoms with Gasteiger partial charge in [0.1, 0.15) is 17.3 Å². The molecule has 4 nitrogen and oxygen atoms in total. The lowest BCUT2D eigenvalue weighted by Gasteiger charge is -2.11. The first-order valence-corrected chi connectivity index (χ1v) is 7.22. The highest BCUT2D eigenvalue weighted by Gasteiger charge is 2.10. The van der Waals surface area contributed by atoms with Crippen molar-refractivity contribution in [3.63, 3.8) is 0 Å². The summed E-state index contributed by atoms with van der Waals surface area (Å²) in [6, 6.07) is 10.2. The number of hydrogen-bond donors (Lipinski definition) is 2. The van der Waals surface area contributed by atoms with Crippen molar-refractivity contribution in [1.29, 1.82) is 0 Å². The molecule has 6 heteroatoms. The van der Waals surface area contributed by atoms with Crippen LogP contribution in [-0.2, 0) is 0 Å². The van der Waals surface area contributed by atoms with E-state index in [0.717, 1.165) is 23.4 Å². The van der Waals surface area contributed by atoms with Crippen molar-refractivity contribution in [3.8, 4) is 11.8 Å². The molecule has 2 N–H and O–H groups in total. The highest BCUT2D eigenvalue weighted by Crippen LogP contribution is 2.17. The van der Waals surface area contributed by atoms with Crippen LogP contribution in [0.2, 0.25) is 0 Å². The summed E-state index contributed by atoms with van der Waals surface area (Å²) in [4.78, 5) is 13.6. The molecule has 0 aliphatic carbocycles. The zero-order valence-electron chi connectivity index (χ0n) is 13.4. The fourth-order valence-electron chi connectivity index (χ4n) is 1.89. The number of hydrogen-bond acceptors (Lipinski definition) is 2. The number of halogens is 2. The number of benzene rings is 2. The van der Waals surface area contributed by atoms with Crippen molar-refractivity contribution < 1.29 is 13.6 Å². The molecule has 0 bridgehead atoms. The molecule has 2 rings (SSSR count). The van der Waals surface area contributed by atoms with E-state index in [1.54, 1.807) is 0 Å². The molecule has 0 fully saturated rings. The number of rotatable bonds is 3. The highest BCUT2D eigenvalue weighted by atomic mass is 19.1. The Kier molecular flexibility index (Phi) is 5.74. The standard InChI is InChI=1S/C18H17F2N3O/c1-23(2)14-10-8-13(9-11-14)5-4-12-21-18(24)22-17-15(19)6-3-7-16(17)20/h3,6-11H,12H2,1-2H3,(H2,21,22,24). The lowest BCUT2D eigenvalue weighted by molar-refractivity contribution is 0.253. The third kappa shape index (κ3) is 4.71. The number of anilines is 2. The first-order valence-electron chi connectivity index (χ1n) is 7.22. The van der Waals surface area contributed by atoms with Gasteiger partial charge in [0.2, 0.25) is 0 Å². The van der Waals surface area contributed by atoms with Crippen LogP contribution < -0.4 is 15.5 Å². The molecule has 0 saturated heterocycles. The Balaban J connectivity index is 1.87. The summed E-state index contributed by atoms with van der Waals surface area (Å²) in [5.41, 5.74) is 1.38. The van der Waals surface area contributed by atoms with E-state index >= 15 is 0 Å². The largest absolute Gasteiger partial charge is 0.378 e. The van der Waals surface area contributed by atoms with Gasteiger partial charge in [0.25, 0.3) is 0 Å². The summed E-state index contributed by atoms with van der Waals surface area (Å²) in [6.45, 7) is 0.0529. The maximum absolute atomic E-state index is 13.4. The van der Waals surface area contributed by atoms with E-state index in [1.165, 1.54) is 6.07 Å². The topological polar surface area (TPSA) is 44.4 Å². The van der Waals surface area contributed by atoms with Crippen molar-refractivity contribution in [2.45, 2.75) is 0 Å². The van der Waals surface area contributed by atoms with Crippen LogP contribution in [0, 0.1) is 23.5 Å². The van der Waals surface area contributed by atoms with E-state index in [-0.39, 0.29) is 6.54 Å². The Bertz CT molecular complexity index is 757. The van der Waals surface area contributed by atoms with Crippen LogP contribution in [0.15, 0.2) is 42.5 Å². The average Bonchev–Trinajstić information content (AvgIpc) is 2.55. The molecule has 0 aliphatic rings. The van der Waals surface area contributed by atoms with E-state index in [4.69, 9.17) is 0 Å². The first-order chi connectivity index (χ1) is 11.5. The van der Waals surface area contributed by atoms with Gasteiger partial charge in [0.15, 0.2) is 0 Å². The quantitative estimate of drug-likeness (QED) is 0.850. The van der Waals surface area contributed by atoms with Gasteiger partial charge in [-0.1, -0.05) is 17.9 Å². The lowest BCUT2D eigenvalue weighted by Crippen LogP contribution is -2.29. The van der Waals surface area contributed by atoms with Crippen molar-refractivity contribution in [2.24, 2.45) is 0 Å². The summed E-state index contributed by atoms with van der Waals surface area (Å²) < 4.78 is 26.8. The van der Waals surface area contributed by atoms with E-state index in [2.05, 4.69) is 22.5 Å². The molecule has 0 heterocycles. The van der Waals surface area contributed by atoms with Gasteiger partial charge in [-0.15, -0.1) is 0 Å². The summed E-state index contributed by atoms with van der Waals surface area (Å²) in [7, 11) is 3.89. The molecule has 2 aromatic rings. The van der Waals surface area contributed by atoms with Gasteiger partial charge in [-0.05, 0) is 36.4 Å². The van der Waals surface area contributed by atoms with E-state index in [1.807, 2.05) is 43.3 Å². The van der Waals surface area contributed by atoms with Crippen LogP contribution in [-0.4, -0.2) is 26.7 Å². The molecule has 24 heavy (non-hydrogen) atoms. The van der Waals surface area contributed by atoms with Crippen molar-refractivity contribution in [2.75, 3.05) is 30.9 Å². The van der Waals surface area contributed by atoms with Crippen LogP contribution in [0.25, 0.3) is 0 Å². The van der Waals surface area contributed by atoms with E-state index in [9.17, 15) is 13.6 Å². The minimum Gasteiger partial charge on any atom is -0.378 e. The molecule has 0 unspecified atom stereocenters. The van der Waals surface area contributed by atoms with Gasteiger partial charge in [-0.3, -0.25) is 0 Å². The second kappa shape index (κ2) is 7.97. The Morgan fingerprint density at radius 3 is 2.29 bits per heavy atom. The van der Waals surface area contributed by atoms with Gasteiger partial charge >= 0.3 is 6.03 Å². The van der Waals surface area contributed by atoms with Crippen molar-refractivity contribution in [1.82, 2.24) is 5.32 Å². The summed E-state index contributed by atoms with van der Waals surface area (Å²) >= 11 is 0. The normalized spacial score (nSPS) is 9.67. The predicted octanol–water partition coefficient (Wildman–Crippen LogP) is 3.20. The lowest BCUT2D eigenvalue weighted by atomic mass is 10.2.